The molecule has 0 heterocycles. The van der Waals surface area contributed by atoms with Gasteiger partial charge in [-0.3, -0.25) is 10.7 Å². The van der Waals surface area contributed by atoms with Gasteiger partial charge in [0.15, 0.2) is 0 Å². The van der Waals surface area contributed by atoms with Crippen molar-refractivity contribution in [2.24, 2.45) is 0 Å². The SMILES string of the molecule is CC1CC(C)(C)c2cccc(NO)c21. The molecule has 1 unspecified atom stereocenters. The Labute approximate surface area is 84.9 Å². The van der Waals surface area contributed by atoms with Crippen molar-refractivity contribution in [2.75, 3.05) is 5.48 Å². The van der Waals surface area contributed by atoms with E-state index < -0.39 is 0 Å². The molecule has 0 bridgehead atoms. The van der Waals surface area contributed by atoms with Gasteiger partial charge < -0.3 is 0 Å². The zero-order chi connectivity index (χ0) is 10.3. The van der Waals surface area contributed by atoms with Gasteiger partial charge in [0.2, 0.25) is 0 Å². The third kappa shape index (κ3) is 1.22. The summed E-state index contributed by atoms with van der Waals surface area (Å²) in [6.07, 6.45) is 1.15. The third-order valence-corrected chi connectivity index (χ3v) is 3.26. The molecule has 0 aromatic heterocycles. The van der Waals surface area contributed by atoms with Crippen LogP contribution in [0.1, 0.15) is 44.2 Å². The highest BCUT2D eigenvalue weighted by atomic mass is 16.5. The summed E-state index contributed by atoms with van der Waals surface area (Å²) in [5.74, 6) is 0.524. The van der Waals surface area contributed by atoms with E-state index in [0.29, 0.717) is 5.92 Å². The Balaban J connectivity index is 2.61. The summed E-state index contributed by atoms with van der Waals surface area (Å²) in [4.78, 5) is 0. The lowest BCUT2D eigenvalue weighted by atomic mass is 9.86. The minimum absolute atomic E-state index is 0.238. The van der Waals surface area contributed by atoms with Gasteiger partial charge in [0.05, 0.1) is 5.69 Å². The van der Waals surface area contributed by atoms with Gasteiger partial charge in [-0.1, -0.05) is 32.9 Å². The Hall–Kier alpha value is -1.02. The molecule has 0 fully saturated rings. The predicted molar refractivity (Wildman–Crippen MR) is 57.9 cm³/mol. The van der Waals surface area contributed by atoms with Crippen molar-refractivity contribution in [2.45, 2.75) is 38.5 Å². The Morgan fingerprint density at radius 3 is 2.79 bits per heavy atom. The summed E-state index contributed by atoms with van der Waals surface area (Å²) >= 11 is 0. The molecule has 0 saturated carbocycles. The standard InChI is InChI=1S/C12H17NO/c1-8-7-12(2,3)9-5-4-6-10(13-14)11(8)9/h4-6,8,13-14H,7H2,1-3H3. The molecule has 0 saturated heterocycles. The number of fused-ring (bicyclic) bond motifs is 1. The quantitative estimate of drug-likeness (QED) is 0.668. The normalized spacial score (nSPS) is 23.3. The van der Waals surface area contributed by atoms with E-state index in [1.165, 1.54) is 11.1 Å². The molecule has 1 aliphatic rings. The minimum Gasteiger partial charge on any atom is -0.291 e. The first-order valence-corrected chi connectivity index (χ1v) is 5.10. The Bertz CT molecular complexity index is 357. The fourth-order valence-corrected chi connectivity index (χ4v) is 2.76. The van der Waals surface area contributed by atoms with E-state index in [1.54, 1.807) is 0 Å². The predicted octanol–water partition coefficient (Wildman–Crippen LogP) is 3.27. The van der Waals surface area contributed by atoms with Crippen molar-refractivity contribution in [3.8, 4) is 0 Å². The molecule has 0 amide bonds. The Kier molecular flexibility index (Phi) is 2.04. The molecule has 2 nitrogen and oxygen atoms in total. The van der Waals surface area contributed by atoms with Crippen LogP contribution in [0.15, 0.2) is 18.2 Å². The van der Waals surface area contributed by atoms with Crippen LogP contribution in [-0.2, 0) is 5.41 Å². The van der Waals surface area contributed by atoms with E-state index in [4.69, 9.17) is 5.21 Å². The molecule has 1 aromatic carbocycles. The van der Waals surface area contributed by atoms with Crippen molar-refractivity contribution < 1.29 is 5.21 Å². The molecule has 76 valence electrons. The highest BCUT2D eigenvalue weighted by molar-refractivity contribution is 5.59. The first kappa shape index (κ1) is 9.53. The minimum atomic E-state index is 0.238. The number of benzene rings is 1. The van der Waals surface area contributed by atoms with E-state index in [9.17, 15) is 0 Å². The lowest BCUT2D eigenvalue weighted by Gasteiger charge is -2.19. The van der Waals surface area contributed by atoms with Gasteiger partial charge >= 0.3 is 0 Å². The summed E-state index contributed by atoms with van der Waals surface area (Å²) in [5, 5.41) is 9.04. The molecule has 1 aromatic rings. The monoisotopic (exact) mass is 191 g/mol. The van der Waals surface area contributed by atoms with Crippen molar-refractivity contribution >= 4 is 5.69 Å². The van der Waals surface area contributed by atoms with Crippen LogP contribution in [0.3, 0.4) is 0 Å². The molecular formula is C12H17NO. The lowest BCUT2D eigenvalue weighted by Crippen LogP contribution is -2.11. The maximum absolute atomic E-state index is 9.04. The zero-order valence-electron chi connectivity index (χ0n) is 8.96. The molecule has 0 aliphatic heterocycles. The van der Waals surface area contributed by atoms with Gasteiger partial charge in [-0.2, -0.15) is 0 Å². The van der Waals surface area contributed by atoms with Crippen LogP contribution in [0.25, 0.3) is 0 Å². The van der Waals surface area contributed by atoms with Crippen molar-refractivity contribution in [1.29, 1.82) is 0 Å². The van der Waals surface area contributed by atoms with Gasteiger partial charge in [0, 0.05) is 0 Å². The maximum Gasteiger partial charge on any atom is 0.0639 e. The van der Waals surface area contributed by atoms with Gasteiger partial charge in [-0.15, -0.1) is 0 Å². The number of hydrogen-bond donors (Lipinski definition) is 2. The average Bonchev–Trinajstić information content (AvgIpc) is 2.38. The molecule has 1 aliphatic carbocycles. The highest BCUT2D eigenvalue weighted by Gasteiger charge is 2.35. The van der Waals surface area contributed by atoms with E-state index in [0.717, 1.165) is 12.1 Å². The van der Waals surface area contributed by atoms with Crippen LogP contribution in [0.5, 0.6) is 0 Å². The Morgan fingerprint density at radius 2 is 2.14 bits per heavy atom. The van der Waals surface area contributed by atoms with Gasteiger partial charge in [0.25, 0.3) is 0 Å². The third-order valence-electron chi connectivity index (χ3n) is 3.26. The van der Waals surface area contributed by atoms with Gasteiger partial charge in [-0.25, -0.2) is 0 Å². The van der Waals surface area contributed by atoms with Crippen molar-refractivity contribution in [3.05, 3.63) is 29.3 Å². The van der Waals surface area contributed by atoms with E-state index in [2.05, 4.69) is 32.3 Å². The first-order valence-electron chi connectivity index (χ1n) is 5.10. The molecular weight excluding hydrogens is 174 g/mol. The number of anilines is 1. The Morgan fingerprint density at radius 1 is 1.43 bits per heavy atom. The van der Waals surface area contributed by atoms with Crippen LogP contribution < -0.4 is 5.48 Å². The summed E-state index contributed by atoms with van der Waals surface area (Å²) < 4.78 is 0. The second kappa shape index (κ2) is 2.99. The van der Waals surface area contributed by atoms with E-state index in [1.807, 2.05) is 12.1 Å². The van der Waals surface area contributed by atoms with Gasteiger partial charge in [-0.05, 0) is 34.9 Å². The summed E-state index contributed by atoms with van der Waals surface area (Å²) in [5.41, 5.74) is 6.04. The molecule has 0 radical (unpaired) electrons. The number of nitrogens with one attached hydrogen (secondary N) is 1. The van der Waals surface area contributed by atoms with Crippen LogP contribution in [0, 0.1) is 0 Å². The summed E-state index contributed by atoms with van der Waals surface area (Å²) in [6.45, 7) is 6.74. The summed E-state index contributed by atoms with van der Waals surface area (Å²) in [7, 11) is 0. The fraction of sp³-hybridized carbons (Fsp3) is 0.500. The van der Waals surface area contributed by atoms with E-state index in [-0.39, 0.29) is 5.41 Å². The second-order valence-electron chi connectivity index (χ2n) is 4.87. The highest BCUT2D eigenvalue weighted by Crippen LogP contribution is 2.48. The maximum atomic E-state index is 9.04. The number of hydrogen-bond acceptors (Lipinski definition) is 2. The smallest absolute Gasteiger partial charge is 0.0639 e. The molecule has 2 rings (SSSR count). The average molecular weight is 191 g/mol. The lowest BCUT2D eigenvalue weighted by molar-refractivity contribution is 0.387. The summed E-state index contributed by atoms with van der Waals surface area (Å²) in [6, 6.07) is 6.09. The fourth-order valence-electron chi connectivity index (χ4n) is 2.76. The van der Waals surface area contributed by atoms with Gasteiger partial charge in [0.1, 0.15) is 0 Å². The first-order chi connectivity index (χ1) is 6.56. The molecule has 14 heavy (non-hydrogen) atoms. The van der Waals surface area contributed by atoms with Crippen molar-refractivity contribution in [1.82, 2.24) is 0 Å². The largest absolute Gasteiger partial charge is 0.291 e. The molecule has 1 atom stereocenters. The van der Waals surface area contributed by atoms with Crippen LogP contribution in [0.2, 0.25) is 0 Å². The van der Waals surface area contributed by atoms with Crippen LogP contribution >= 0.6 is 0 Å². The van der Waals surface area contributed by atoms with Crippen molar-refractivity contribution in [3.63, 3.8) is 0 Å². The molecule has 2 heteroatoms. The van der Waals surface area contributed by atoms with Crippen LogP contribution in [0.4, 0.5) is 5.69 Å². The van der Waals surface area contributed by atoms with E-state index >= 15 is 0 Å². The molecule has 2 N–H and O–H groups in total. The zero-order valence-corrected chi connectivity index (χ0v) is 8.96. The number of rotatable bonds is 1. The second-order valence-corrected chi connectivity index (χ2v) is 4.87. The topological polar surface area (TPSA) is 32.3 Å². The molecule has 0 spiro atoms. The van der Waals surface area contributed by atoms with Crippen LogP contribution in [-0.4, -0.2) is 5.21 Å².